The number of nitrogens with one attached hydrogen (secondary N) is 1. The van der Waals surface area contributed by atoms with Crippen molar-refractivity contribution in [2.45, 2.75) is 13.8 Å². The molecule has 0 unspecified atom stereocenters. The molecular weight excluding hydrogens is 308 g/mol. The second-order valence-electron chi connectivity index (χ2n) is 4.95. The molecule has 0 saturated heterocycles. The number of nitrogens with zero attached hydrogens (tertiary/aromatic N) is 3. The molecule has 0 fully saturated rings. The first-order chi connectivity index (χ1) is 11.7. The van der Waals surface area contributed by atoms with Gasteiger partial charge in [-0.15, -0.1) is 0 Å². The number of hydrogen-bond donors (Lipinski definition) is 1. The van der Waals surface area contributed by atoms with Crippen molar-refractivity contribution in [1.29, 1.82) is 0 Å². The highest BCUT2D eigenvalue weighted by Crippen LogP contribution is 2.29. The van der Waals surface area contributed by atoms with Gasteiger partial charge in [-0.2, -0.15) is 10.1 Å². The lowest BCUT2D eigenvalue weighted by Gasteiger charge is -2.03. The van der Waals surface area contributed by atoms with Crippen LogP contribution in [0.1, 0.15) is 19.6 Å². The first-order valence-electron chi connectivity index (χ1n) is 7.54. The summed E-state index contributed by atoms with van der Waals surface area (Å²) in [5, 5.41) is 5.22. The molecule has 0 bridgehead atoms. The van der Waals surface area contributed by atoms with Gasteiger partial charge in [0.05, 0.1) is 13.7 Å². The van der Waals surface area contributed by atoms with E-state index in [9.17, 15) is 0 Å². The van der Waals surface area contributed by atoms with E-state index in [2.05, 4.69) is 20.5 Å². The Balaban J connectivity index is 1.84. The van der Waals surface area contributed by atoms with Crippen molar-refractivity contribution in [2.24, 2.45) is 5.10 Å². The number of furan rings is 1. The average molecular weight is 326 g/mol. The summed E-state index contributed by atoms with van der Waals surface area (Å²) in [6.07, 6.45) is 1.59. The summed E-state index contributed by atoms with van der Waals surface area (Å²) in [6, 6.07) is 9.37. The summed E-state index contributed by atoms with van der Waals surface area (Å²) in [7, 11) is 1.55. The predicted octanol–water partition coefficient (Wildman–Crippen LogP) is 3.47. The van der Waals surface area contributed by atoms with Gasteiger partial charge in [0, 0.05) is 17.6 Å². The number of benzene rings is 1. The van der Waals surface area contributed by atoms with Crippen LogP contribution in [0.4, 0.5) is 5.95 Å². The second-order valence-corrected chi connectivity index (χ2v) is 4.95. The number of rotatable bonds is 6. The molecule has 24 heavy (non-hydrogen) atoms. The monoisotopic (exact) mass is 326 g/mol. The van der Waals surface area contributed by atoms with E-state index in [1.54, 1.807) is 19.4 Å². The predicted molar refractivity (Wildman–Crippen MR) is 91.8 cm³/mol. The number of aromatic nitrogens is 2. The van der Waals surface area contributed by atoms with Crippen LogP contribution < -0.4 is 14.9 Å². The molecule has 0 spiro atoms. The Hall–Kier alpha value is -3.09. The quantitative estimate of drug-likeness (QED) is 0.552. The minimum atomic E-state index is 0.347. The third-order valence-electron chi connectivity index (χ3n) is 3.33. The smallest absolute Gasteiger partial charge is 0.246 e. The van der Waals surface area contributed by atoms with E-state index in [1.807, 2.05) is 38.1 Å². The van der Waals surface area contributed by atoms with Gasteiger partial charge in [-0.3, -0.25) is 0 Å². The van der Waals surface area contributed by atoms with Crippen LogP contribution in [0.25, 0.3) is 11.0 Å². The minimum absolute atomic E-state index is 0.347. The number of hydrogen-bond acceptors (Lipinski definition) is 7. The summed E-state index contributed by atoms with van der Waals surface area (Å²) < 4.78 is 16.5. The number of anilines is 1. The summed E-state index contributed by atoms with van der Waals surface area (Å²) >= 11 is 0. The molecule has 1 N–H and O–H groups in total. The van der Waals surface area contributed by atoms with Crippen LogP contribution in [0.15, 0.2) is 46.0 Å². The van der Waals surface area contributed by atoms with E-state index >= 15 is 0 Å². The molecule has 7 heteroatoms. The Morgan fingerprint density at radius 2 is 2.21 bits per heavy atom. The molecule has 7 nitrogen and oxygen atoms in total. The fraction of sp³-hybridized carbons (Fsp3) is 0.235. The van der Waals surface area contributed by atoms with Crippen molar-refractivity contribution in [3.05, 3.63) is 42.3 Å². The lowest BCUT2D eigenvalue weighted by molar-refractivity contribution is 0.338. The first-order valence-corrected chi connectivity index (χ1v) is 7.54. The van der Waals surface area contributed by atoms with Crippen molar-refractivity contribution in [3.8, 4) is 11.6 Å². The first kappa shape index (κ1) is 15.8. The van der Waals surface area contributed by atoms with Crippen molar-refractivity contribution in [2.75, 3.05) is 19.1 Å². The van der Waals surface area contributed by atoms with Gasteiger partial charge in [0.2, 0.25) is 11.8 Å². The maximum Gasteiger partial charge on any atom is 0.246 e. The van der Waals surface area contributed by atoms with Crippen LogP contribution in [0.2, 0.25) is 0 Å². The van der Waals surface area contributed by atoms with Gasteiger partial charge in [0.25, 0.3) is 0 Å². The number of hydrazone groups is 1. The van der Waals surface area contributed by atoms with Gasteiger partial charge in [-0.05, 0) is 26.0 Å². The van der Waals surface area contributed by atoms with Gasteiger partial charge >= 0.3 is 0 Å². The highest BCUT2D eigenvalue weighted by atomic mass is 16.5. The van der Waals surface area contributed by atoms with E-state index in [0.29, 0.717) is 35.5 Å². The summed E-state index contributed by atoms with van der Waals surface area (Å²) in [4.78, 5) is 8.21. The lowest BCUT2D eigenvalue weighted by atomic mass is 10.2. The summed E-state index contributed by atoms with van der Waals surface area (Å²) in [6.45, 7) is 4.36. The zero-order valence-electron chi connectivity index (χ0n) is 13.7. The van der Waals surface area contributed by atoms with Crippen LogP contribution in [-0.4, -0.2) is 29.4 Å². The molecule has 0 aliphatic rings. The number of para-hydroxylation sites is 1. The van der Waals surface area contributed by atoms with Crippen LogP contribution in [0, 0.1) is 0 Å². The largest absolute Gasteiger partial charge is 0.490 e. The fourth-order valence-corrected chi connectivity index (χ4v) is 2.18. The van der Waals surface area contributed by atoms with E-state index < -0.39 is 0 Å². The Bertz CT molecular complexity index is 873. The van der Waals surface area contributed by atoms with Crippen LogP contribution in [0.5, 0.6) is 11.6 Å². The molecule has 0 aliphatic carbocycles. The van der Waals surface area contributed by atoms with Crippen molar-refractivity contribution in [1.82, 2.24) is 9.97 Å². The summed E-state index contributed by atoms with van der Waals surface area (Å²) in [5.74, 6) is 2.18. The molecule has 3 rings (SSSR count). The van der Waals surface area contributed by atoms with E-state index in [-0.39, 0.29) is 0 Å². The molecule has 2 heterocycles. The number of fused-ring (bicyclic) bond motifs is 1. The zero-order valence-corrected chi connectivity index (χ0v) is 13.7. The SMILES string of the molecule is CCOc1cccc2cc(/C(C)=N/Nc3nccc(OC)n3)oc12. The maximum absolute atomic E-state index is 5.89. The van der Waals surface area contributed by atoms with Crippen molar-refractivity contribution < 1.29 is 13.9 Å². The Labute approximate surface area is 139 Å². The number of ether oxygens (including phenoxy) is 2. The molecule has 0 radical (unpaired) electrons. The van der Waals surface area contributed by atoms with Crippen LogP contribution in [0.3, 0.4) is 0 Å². The van der Waals surface area contributed by atoms with Gasteiger partial charge in [0.1, 0.15) is 5.71 Å². The van der Waals surface area contributed by atoms with Crippen molar-refractivity contribution in [3.63, 3.8) is 0 Å². The van der Waals surface area contributed by atoms with Gasteiger partial charge in [-0.1, -0.05) is 12.1 Å². The Morgan fingerprint density at radius 3 is 3.00 bits per heavy atom. The van der Waals surface area contributed by atoms with E-state index in [1.165, 1.54) is 0 Å². The van der Waals surface area contributed by atoms with Gasteiger partial charge in [0.15, 0.2) is 17.1 Å². The van der Waals surface area contributed by atoms with E-state index in [4.69, 9.17) is 13.9 Å². The maximum atomic E-state index is 5.89. The molecule has 0 saturated carbocycles. The van der Waals surface area contributed by atoms with E-state index in [0.717, 1.165) is 11.1 Å². The molecular formula is C17H18N4O3. The van der Waals surface area contributed by atoms with Crippen LogP contribution in [-0.2, 0) is 0 Å². The van der Waals surface area contributed by atoms with Crippen molar-refractivity contribution >= 4 is 22.6 Å². The fourth-order valence-electron chi connectivity index (χ4n) is 2.18. The second kappa shape index (κ2) is 6.99. The Morgan fingerprint density at radius 1 is 1.33 bits per heavy atom. The van der Waals surface area contributed by atoms with Crippen LogP contribution >= 0.6 is 0 Å². The molecule has 124 valence electrons. The third-order valence-corrected chi connectivity index (χ3v) is 3.33. The minimum Gasteiger partial charge on any atom is -0.490 e. The third kappa shape index (κ3) is 3.29. The van der Waals surface area contributed by atoms with Gasteiger partial charge < -0.3 is 13.9 Å². The molecule has 3 aromatic rings. The standard InChI is InChI=1S/C17H18N4O3/c1-4-23-13-7-5-6-12-10-14(24-16(12)13)11(2)20-21-17-18-9-8-15(19-17)22-3/h5-10H,4H2,1-3H3,(H,18,19,21)/b20-11+. The van der Waals surface area contributed by atoms with Gasteiger partial charge in [-0.25, -0.2) is 10.4 Å². The molecule has 0 amide bonds. The molecule has 0 atom stereocenters. The number of methoxy groups -OCH3 is 1. The zero-order chi connectivity index (χ0) is 16.9. The molecule has 0 aliphatic heterocycles. The molecule has 1 aromatic carbocycles. The highest BCUT2D eigenvalue weighted by molar-refractivity contribution is 6.00. The highest BCUT2D eigenvalue weighted by Gasteiger charge is 2.11. The summed E-state index contributed by atoms with van der Waals surface area (Å²) in [5.41, 5.74) is 4.17. The average Bonchev–Trinajstić information content (AvgIpc) is 3.05. The topological polar surface area (TPSA) is 81.8 Å². The molecule has 2 aromatic heterocycles. The Kier molecular flexibility index (Phi) is 4.60. The normalized spacial score (nSPS) is 11.5. The lowest BCUT2D eigenvalue weighted by Crippen LogP contribution is -2.02.